The lowest BCUT2D eigenvalue weighted by molar-refractivity contribution is -0.130. The molecule has 1 aliphatic rings. The van der Waals surface area contributed by atoms with Crippen LogP contribution >= 0.6 is 0 Å². The van der Waals surface area contributed by atoms with Crippen molar-refractivity contribution in [2.75, 3.05) is 31.1 Å². The number of hydrogen-bond acceptors (Lipinski definition) is 5. The maximum absolute atomic E-state index is 13.9. The van der Waals surface area contributed by atoms with Gasteiger partial charge in [0.25, 0.3) is 0 Å². The second-order valence-corrected chi connectivity index (χ2v) is 7.10. The zero-order valence-corrected chi connectivity index (χ0v) is 15.5. The molecule has 2 aromatic rings. The summed E-state index contributed by atoms with van der Waals surface area (Å²) in [4.78, 5) is 16.4. The lowest BCUT2D eigenvalue weighted by atomic mass is 9.98. The Labute approximate surface area is 158 Å². The fraction of sp³-hybridized carbons (Fsp3) is 0.400. The molecule has 1 amide bonds. The Morgan fingerprint density at radius 3 is 2.30 bits per heavy atom. The SMILES string of the molecule is CC(C)(F)c1ccc(CC(=O)N2CCN(c3ccc(C#N)nn3)CC2)cc1. The van der Waals surface area contributed by atoms with Crippen LogP contribution in [-0.2, 0) is 16.9 Å². The van der Waals surface area contributed by atoms with E-state index in [9.17, 15) is 9.18 Å². The number of anilines is 1. The van der Waals surface area contributed by atoms with E-state index in [-0.39, 0.29) is 11.6 Å². The van der Waals surface area contributed by atoms with Gasteiger partial charge in [-0.3, -0.25) is 4.79 Å². The van der Waals surface area contributed by atoms with E-state index in [1.807, 2.05) is 23.1 Å². The molecular weight excluding hydrogens is 345 g/mol. The van der Waals surface area contributed by atoms with Crippen molar-refractivity contribution < 1.29 is 9.18 Å². The molecule has 1 saturated heterocycles. The van der Waals surface area contributed by atoms with E-state index < -0.39 is 5.67 Å². The number of nitriles is 1. The molecule has 2 heterocycles. The Morgan fingerprint density at radius 1 is 1.11 bits per heavy atom. The van der Waals surface area contributed by atoms with Gasteiger partial charge < -0.3 is 9.80 Å². The quantitative estimate of drug-likeness (QED) is 0.830. The number of alkyl halides is 1. The minimum atomic E-state index is -1.38. The van der Waals surface area contributed by atoms with Crippen molar-refractivity contribution in [3.8, 4) is 6.07 Å². The molecular formula is C20H22FN5O. The van der Waals surface area contributed by atoms with Gasteiger partial charge in [0, 0.05) is 26.2 Å². The zero-order chi connectivity index (χ0) is 19.4. The van der Waals surface area contributed by atoms with Crippen LogP contribution in [0.5, 0.6) is 0 Å². The van der Waals surface area contributed by atoms with Gasteiger partial charge in [0.1, 0.15) is 11.7 Å². The number of carbonyl (C=O) groups is 1. The number of hydrogen-bond donors (Lipinski definition) is 0. The molecule has 1 fully saturated rings. The van der Waals surface area contributed by atoms with Gasteiger partial charge in [-0.15, -0.1) is 10.2 Å². The molecule has 0 unspecified atom stereocenters. The van der Waals surface area contributed by atoms with Crippen LogP contribution in [-0.4, -0.2) is 47.2 Å². The zero-order valence-electron chi connectivity index (χ0n) is 15.5. The highest BCUT2D eigenvalue weighted by Crippen LogP contribution is 2.24. The first-order valence-electron chi connectivity index (χ1n) is 8.92. The first kappa shape index (κ1) is 18.8. The van der Waals surface area contributed by atoms with Crippen molar-refractivity contribution in [1.29, 1.82) is 5.26 Å². The average molecular weight is 367 g/mol. The van der Waals surface area contributed by atoms with Crippen LogP contribution in [0.1, 0.15) is 30.7 Å². The Hall–Kier alpha value is -3.01. The molecule has 0 N–H and O–H groups in total. The maximum Gasteiger partial charge on any atom is 0.227 e. The number of aromatic nitrogens is 2. The first-order chi connectivity index (χ1) is 12.9. The lowest BCUT2D eigenvalue weighted by Crippen LogP contribution is -2.49. The smallest absolute Gasteiger partial charge is 0.227 e. The predicted molar refractivity (Wildman–Crippen MR) is 99.8 cm³/mol. The van der Waals surface area contributed by atoms with Crippen LogP contribution in [0, 0.1) is 11.3 Å². The summed E-state index contributed by atoms with van der Waals surface area (Å²) in [5.41, 5.74) is 0.395. The highest BCUT2D eigenvalue weighted by Gasteiger charge is 2.23. The molecule has 0 bridgehead atoms. The van der Waals surface area contributed by atoms with Crippen molar-refractivity contribution in [3.05, 3.63) is 53.2 Å². The van der Waals surface area contributed by atoms with Gasteiger partial charge in [0.2, 0.25) is 5.91 Å². The third-order valence-corrected chi connectivity index (χ3v) is 4.72. The van der Waals surface area contributed by atoms with Crippen molar-refractivity contribution in [1.82, 2.24) is 15.1 Å². The fourth-order valence-electron chi connectivity index (χ4n) is 3.04. The number of rotatable bonds is 4. The van der Waals surface area contributed by atoms with Crippen molar-refractivity contribution in [2.45, 2.75) is 25.9 Å². The molecule has 7 heteroatoms. The van der Waals surface area contributed by atoms with E-state index in [0.717, 1.165) is 5.56 Å². The number of amides is 1. The van der Waals surface area contributed by atoms with Gasteiger partial charge in [-0.1, -0.05) is 24.3 Å². The number of benzene rings is 1. The molecule has 27 heavy (non-hydrogen) atoms. The van der Waals surface area contributed by atoms with Crippen LogP contribution in [0.15, 0.2) is 36.4 Å². The average Bonchev–Trinajstić information content (AvgIpc) is 2.68. The van der Waals surface area contributed by atoms with Crippen LogP contribution in [0.3, 0.4) is 0 Å². The Morgan fingerprint density at radius 2 is 1.78 bits per heavy atom. The van der Waals surface area contributed by atoms with Gasteiger partial charge >= 0.3 is 0 Å². The summed E-state index contributed by atoms with van der Waals surface area (Å²) in [6, 6.07) is 12.5. The number of carbonyl (C=O) groups excluding carboxylic acids is 1. The third-order valence-electron chi connectivity index (χ3n) is 4.72. The van der Waals surface area contributed by atoms with Gasteiger partial charge in [0.15, 0.2) is 11.5 Å². The standard InChI is InChI=1S/C20H22FN5O/c1-20(2,21)16-5-3-15(4-6-16)13-19(27)26-11-9-25(10-12-26)18-8-7-17(14-22)23-24-18/h3-8H,9-13H2,1-2H3. The molecule has 3 rings (SSSR count). The summed E-state index contributed by atoms with van der Waals surface area (Å²) in [6.45, 7) is 5.59. The van der Waals surface area contributed by atoms with Gasteiger partial charge in [0.05, 0.1) is 6.42 Å². The van der Waals surface area contributed by atoms with E-state index in [4.69, 9.17) is 5.26 Å². The summed E-state index contributed by atoms with van der Waals surface area (Å²) in [7, 11) is 0. The summed E-state index contributed by atoms with van der Waals surface area (Å²) in [5.74, 6) is 0.776. The predicted octanol–water partition coefficient (Wildman–Crippen LogP) is 2.44. The van der Waals surface area contributed by atoms with E-state index in [1.54, 1.807) is 24.3 Å². The number of halogens is 1. The first-order valence-corrected chi connectivity index (χ1v) is 8.92. The highest BCUT2D eigenvalue weighted by atomic mass is 19.1. The summed E-state index contributed by atoms with van der Waals surface area (Å²) in [6.07, 6.45) is 0.309. The van der Waals surface area contributed by atoms with Crippen LogP contribution in [0.2, 0.25) is 0 Å². The second kappa shape index (κ2) is 7.70. The van der Waals surface area contributed by atoms with E-state index in [0.29, 0.717) is 44.0 Å². The number of nitrogens with zero attached hydrogens (tertiary/aromatic N) is 5. The minimum absolute atomic E-state index is 0.0628. The van der Waals surface area contributed by atoms with E-state index in [2.05, 4.69) is 15.1 Å². The third kappa shape index (κ3) is 4.59. The Balaban J connectivity index is 1.54. The summed E-state index contributed by atoms with van der Waals surface area (Å²) < 4.78 is 13.9. The van der Waals surface area contributed by atoms with Crippen molar-refractivity contribution >= 4 is 11.7 Å². The molecule has 1 aliphatic heterocycles. The topological polar surface area (TPSA) is 73.1 Å². The van der Waals surface area contributed by atoms with Crippen LogP contribution < -0.4 is 4.90 Å². The summed E-state index contributed by atoms with van der Waals surface area (Å²) in [5, 5.41) is 16.7. The molecule has 1 aromatic carbocycles. The fourth-order valence-corrected chi connectivity index (χ4v) is 3.04. The molecule has 6 nitrogen and oxygen atoms in total. The molecule has 140 valence electrons. The monoisotopic (exact) mass is 367 g/mol. The number of piperazine rings is 1. The maximum atomic E-state index is 13.9. The second-order valence-electron chi connectivity index (χ2n) is 7.10. The minimum Gasteiger partial charge on any atom is -0.352 e. The van der Waals surface area contributed by atoms with E-state index in [1.165, 1.54) is 13.8 Å². The Bertz CT molecular complexity index is 829. The van der Waals surface area contributed by atoms with E-state index >= 15 is 0 Å². The molecule has 0 saturated carbocycles. The Kier molecular flexibility index (Phi) is 5.36. The molecule has 0 atom stereocenters. The highest BCUT2D eigenvalue weighted by molar-refractivity contribution is 5.79. The van der Waals surface area contributed by atoms with Crippen molar-refractivity contribution in [3.63, 3.8) is 0 Å². The van der Waals surface area contributed by atoms with Crippen LogP contribution in [0.4, 0.5) is 10.2 Å². The van der Waals surface area contributed by atoms with Gasteiger partial charge in [-0.05, 0) is 37.1 Å². The largest absolute Gasteiger partial charge is 0.352 e. The molecule has 0 aliphatic carbocycles. The molecule has 1 aromatic heterocycles. The normalized spacial score (nSPS) is 14.7. The lowest BCUT2D eigenvalue weighted by Gasteiger charge is -2.35. The van der Waals surface area contributed by atoms with Gasteiger partial charge in [-0.25, -0.2) is 4.39 Å². The van der Waals surface area contributed by atoms with Crippen molar-refractivity contribution in [2.24, 2.45) is 0 Å². The van der Waals surface area contributed by atoms with Gasteiger partial charge in [-0.2, -0.15) is 5.26 Å². The molecule has 0 spiro atoms. The molecule has 0 radical (unpaired) electrons. The summed E-state index contributed by atoms with van der Waals surface area (Å²) >= 11 is 0. The van der Waals surface area contributed by atoms with Crippen LogP contribution in [0.25, 0.3) is 0 Å².